The lowest BCUT2D eigenvalue weighted by Gasteiger charge is -2.21. The number of likely N-dealkylation sites (tertiary alicyclic amines) is 1. The fourth-order valence-corrected chi connectivity index (χ4v) is 2.55. The van der Waals surface area contributed by atoms with Crippen molar-refractivity contribution >= 4 is 5.91 Å². The van der Waals surface area contributed by atoms with E-state index >= 15 is 0 Å². The molecule has 5 heteroatoms. The third-order valence-corrected chi connectivity index (χ3v) is 3.71. The monoisotopic (exact) mass is 280 g/mol. The summed E-state index contributed by atoms with van der Waals surface area (Å²) in [5.41, 5.74) is 1.00. The summed E-state index contributed by atoms with van der Waals surface area (Å²) in [7, 11) is 0. The molecule has 1 aromatic rings. The molecule has 2 N–H and O–H groups in total. The third kappa shape index (κ3) is 4.28. The summed E-state index contributed by atoms with van der Waals surface area (Å²) in [6.45, 7) is 1.87. The number of nitrogens with one attached hydrogen (secondary N) is 1. The van der Waals surface area contributed by atoms with Crippen LogP contribution in [-0.2, 0) is 11.2 Å². The van der Waals surface area contributed by atoms with E-state index in [9.17, 15) is 14.3 Å². The maximum absolute atomic E-state index is 12.7. The number of halogens is 1. The predicted molar refractivity (Wildman–Crippen MR) is 74.8 cm³/mol. The summed E-state index contributed by atoms with van der Waals surface area (Å²) in [6.07, 6.45) is 2.68. The third-order valence-electron chi connectivity index (χ3n) is 3.71. The Hall–Kier alpha value is -1.46. The zero-order valence-electron chi connectivity index (χ0n) is 11.5. The molecule has 1 amide bonds. The highest BCUT2D eigenvalue weighted by Crippen LogP contribution is 2.15. The topological polar surface area (TPSA) is 52.6 Å². The first-order valence-corrected chi connectivity index (χ1v) is 7.05. The Morgan fingerprint density at radius 3 is 2.85 bits per heavy atom. The first-order chi connectivity index (χ1) is 9.69. The standard InChI is InChI=1S/C15H21FN2O2/c16-13-5-3-12(4-6-13)7-8-17-15(20)10-18-9-1-2-14(18)11-19/h3-6,14,19H,1-2,7-11H2,(H,17,20)/t14-/m0/s1. The van der Waals surface area contributed by atoms with Crippen molar-refractivity contribution in [3.8, 4) is 0 Å². The van der Waals surface area contributed by atoms with Gasteiger partial charge in [-0.2, -0.15) is 0 Å². The quantitative estimate of drug-likeness (QED) is 0.815. The van der Waals surface area contributed by atoms with Gasteiger partial charge in [-0.1, -0.05) is 12.1 Å². The summed E-state index contributed by atoms with van der Waals surface area (Å²) in [4.78, 5) is 13.8. The first-order valence-electron chi connectivity index (χ1n) is 7.05. The van der Waals surface area contributed by atoms with Crippen LogP contribution in [-0.4, -0.2) is 48.2 Å². The van der Waals surface area contributed by atoms with Crippen molar-refractivity contribution in [1.82, 2.24) is 10.2 Å². The Labute approximate surface area is 118 Å². The average Bonchev–Trinajstić information content (AvgIpc) is 2.88. The van der Waals surface area contributed by atoms with E-state index in [1.165, 1.54) is 12.1 Å². The van der Waals surface area contributed by atoms with Crippen LogP contribution >= 0.6 is 0 Å². The largest absolute Gasteiger partial charge is 0.395 e. The van der Waals surface area contributed by atoms with Gasteiger partial charge < -0.3 is 10.4 Å². The van der Waals surface area contributed by atoms with E-state index in [0.717, 1.165) is 24.9 Å². The van der Waals surface area contributed by atoms with E-state index in [4.69, 9.17) is 0 Å². The lowest BCUT2D eigenvalue weighted by molar-refractivity contribution is -0.122. The highest BCUT2D eigenvalue weighted by atomic mass is 19.1. The molecule has 1 saturated heterocycles. The van der Waals surface area contributed by atoms with E-state index in [-0.39, 0.29) is 24.4 Å². The van der Waals surface area contributed by atoms with Crippen LogP contribution in [0.2, 0.25) is 0 Å². The van der Waals surface area contributed by atoms with Crippen molar-refractivity contribution < 1.29 is 14.3 Å². The molecule has 1 heterocycles. The Bertz CT molecular complexity index is 436. The molecule has 20 heavy (non-hydrogen) atoms. The van der Waals surface area contributed by atoms with Gasteiger partial charge in [-0.05, 0) is 43.5 Å². The summed E-state index contributed by atoms with van der Waals surface area (Å²) in [5, 5.41) is 12.1. The van der Waals surface area contributed by atoms with Gasteiger partial charge in [0.2, 0.25) is 5.91 Å². The van der Waals surface area contributed by atoms with Crippen LogP contribution < -0.4 is 5.32 Å². The van der Waals surface area contributed by atoms with Gasteiger partial charge in [0.25, 0.3) is 0 Å². The molecule has 2 rings (SSSR count). The van der Waals surface area contributed by atoms with Gasteiger partial charge in [-0.25, -0.2) is 4.39 Å². The van der Waals surface area contributed by atoms with Crippen LogP contribution in [0.1, 0.15) is 18.4 Å². The second-order valence-corrected chi connectivity index (χ2v) is 5.18. The van der Waals surface area contributed by atoms with E-state index < -0.39 is 0 Å². The number of hydrogen-bond acceptors (Lipinski definition) is 3. The smallest absolute Gasteiger partial charge is 0.234 e. The molecule has 0 saturated carbocycles. The van der Waals surface area contributed by atoms with E-state index in [1.54, 1.807) is 12.1 Å². The second-order valence-electron chi connectivity index (χ2n) is 5.18. The lowest BCUT2D eigenvalue weighted by atomic mass is 10.1. The number of aliphatic hydroxyl groups is 1. The molecule has 1 atom stereocenters. The summed E-state index contributed by atoms with van der Waals surface area (Å²) in [6, 6.07) is 6.42. The SMILES string of the molecule is O=C(CN1CCC[C@H]1CO)NCCc1ccc(F)cc1. The van der Waals surface area contributed by atoms with Gasteiger partial charge in [0.05, 0.1) is 13.2 Å². The molecule has 1 aromatic carbocycles. The number of hydrogen-bond donors (Lipinski definition) is 2. The molecular formula is C15H21FN2O2. The van der Waals surface area contributed by atoms with Gasteiger partial charge in [-0.3, -0.25) is 9.69 Å². The Kier molecular flexibility index (Phi) is 5.49. The van der Waals surface area contributed by atoms with Gasteiger partial charge in [-0.15, -0.1) is 0 Å². The number of carbonyl (C=O) groups is 1. The Morgan fingerprint density at radius 2 is 2.15 bits per heavy atom. The van der Waals surface area contributed by atoms with Crippen molar-refractivity contribution in [1.29, 1.82) is 0 Å². The molecule has 0 spiro atoms. The van der Waals surface area contributed by atoms with Crippen LogP contribution in [0.3, 0.4) is 0 Å². The van der Waals surface area contributed by atoms with Crippen molar-refractivity contribution in [2.45, 2.75) is 25.3 Å². The maximum atomic E-state index is 12.7. The fraction of sp³-hybridized carbons (Fsp3) is 0.533. The number of rotatable bonds is 6. The van der Waals surface area contributed by atoms with Crippen molar-refractivity contribution in [3.63, 3.8) is 0 Å². The van der Waals surface area contributed by atoms with E-state index in [1.807, 2.05) is 4.90 Å². The molecule has 0 bridgehead atoms. The van der Waals surface area contributed by atoms with Crippen LogP contribution in [0.4, 0.5) is 4.39 Å². The second kappa shape index (κ2) is 7.36. The maximum Gasteiger partial charge on any atom is 0.234 e. The molecule has 0 aliphatic carbocycles. The number of benzene rings is 1. The molecule has 0 radical (unpaired) electrons. The van der Waals surface area contributed by atoms with Crippen LogP contribution in [0.25, 0.3) is 0 Å². The lowest BCUT2D eigenvalue weighted by Crippen LogP contribution is -2.41. The van der Waals surface area contributed by atoms with Gasteiger partial charge in [0, 0.05) is 12.6 Å². The predicted octanol–water partition coefficient (Wildman–Crippen LogP) is 0.941. The highest BCUT2D eigenvalue weighted by Gasteiger charge is 2.25. The Balaban J connectivity index is 1.68. The van der Waals surface area contributed by atoms with Gasteiger partial charge in [0.1, 0.15) is 5.82 Å². The zero-order chi connectivity index (χ0) is 14.4. The zero-order valence-corrected chi connectivity index (χ0v) is 11.5. The van der Waals surface area contributed by atoms with Gasteiger partial charge in [0.15, 0.2) is 0 Å². The number of carbonyl (C=O) groups excluding carboxylic acids is 1. The van der Waals surface area contributed by atoms with Crippen LogP contribution in [0, 0.1) is 5.82 Å². The molecule has 1 aliphatic heterocycles. The van der Waals surface area contributed by atoms with Crippen molar-refractivity contribution in [2.75, 3.05) is 26.2 Å². The molecule has 0 unspecified atom stereocenters. The molecule has 1 fully saturated rings. The normalized spacial score (nSPS) is 19.2. The number of aliphatic hydroxyl groups excluding tert-OH is 1. The molecular weight excluding hydrogens is 259 g/mol. The fourth-order valence-electron chi connectivity index (χ4n) is 2.55. The van der Waals surface area contributed by atoms with Crippen LogP contribution in [0.15, 0.2) is 24.3 Å². The van der Waals surface area contributed by atoms with Gasteiger partial charge >= 0.3 is 0 Å². The van der Waals surface area contributed by atoms with Crippen LogP contribution in [0.5, 0.6) is 0 Å². The average molecular weight is 280 g/mol. The molecule has 4 nitrogen and oxygen atoms in total. The summed E-state index contributed by atoms with van der Waals surface area (Å²) in [5.74, 6) is -0.269. The van der Waals surface area contributed by atoms with E-state index in [0.29, 0.717) is 19.5 Å². The Morgan fingerprint density at radius 1 is 1.40 bits per heavy atom. The molecule has 110 valence electrons. The van der Waals surface area contributed by atoms with E-state index in [2.05, 4.69) is 5.32 Å². The minimum absolute atomic E-state index is 0.0209. The highest BCUT2D eigenvalue weighted by molar-refractivity contribution is 5.78. The molecule has 1 aliphatic rings. The number of nitrogens with zero attached hydrogens (tertiary/aromatic N) is 1. The molecule has 0 aromatic heterocycles. The van der Waals surface area contributed by atoms with Crippen molar-refractivity contribution in [3.05, 3.63) is 35.6 Å². The number of amides is 1. The summed E-state index contributed by atoms with van der Waals surface area (Å²) >= 11 is 0. The summed E-state index contributed by atoms with van der Waals surface area (Å²) < 4.78 is 12.7. The van der Waals surface area contributed by atoms with Crippen molar-refractivity contribution in [2.24, 2.45) is 0 Å². The first kappa shape index (κ1) is 14.9. The minimum Gasteiger partial charge on any atom is -0.395 e. The minimum atomic E-state index is -0.248.